The molecule has 21 heavy (non-hydrogen) atoms. The van der Waals surface area contributed by atoms with Crippen molar-refractivity contribution in [2.45, 2.75) is 50.9 Å². The molecule has 0 fully saturated rings. The predicted octanol–water partition coefficient (Wildman–Crippen LogP) is 3.08. The van der Waals surface area contributed by atoms with E-state index in [1.54, 1.807) is 6.92 Å². The maximum Gasteiger partial charge on any atom is 0.314 e. The van der Waals surface area contributed by atoms with Gasteiger partial charge in [-0.3, -0.25) is 9.59 Å². The Morgan fingerprint density at radius 2 is 2.05 bits per heavy atom. The van der Waals surface area contributed by atoms with Crippen LogP contribution >= 0.6 is 0 Å². The van der Waals surface area contributed by atoms with Gasteiger partial charge in [0.05, 0.1) is 12.0 Å². The summed E-state index contributed by atoms with van der Waals surface area (Å²) in [4.78, 5) is 23.1. The summed E-state index contributed by atoms with van der Waals surface area (Å²) in [6, 6.07) is 7.80. The molecule has 1 aromatic carbocycles. The fourth-order valence-corrected chi connectivity index (χ4v) is 3.21. The van der Waals surface area contributed by atoms with Crippen LogP contribution in [0.4, 0.5) is 0 Å². The molecular formula is C17H22O4. The van der Waals surface area contributed by atoms with E-state index in [0.717, 1.165) is 24.0 Å². The van der Waals surface area contributed by atoms with E-state index in [2.05, 4.69) is 0 Å². The van der Waals surface area contributed by atoms with Crippen LogP contribution in [0.2, 0.25) is 0 Å². The number of benzene rings is 1. The normalized spacial score (nSPS) is 20.0. The van der Waals surface area contributed by atoms with E-state index in [1.807, 2.05) is 24.3 Å². The largest absolute Gasteiger partial charge is 0.481 e. The first-order chi connectivity index (χ1) is 10.1. The Hall–Kier alpha value is -1.84. The van der Waals surface area contributed by atoms with E-state index in [0.29, 0.717) is 32.3 Å². The monoisotopic (exact) mass is 290 g/mol. The zero-order valence-corrected chi connectivity index (χ0v) is 12.4. The molecule has 1 aliphatic rings. The highest BCUT2D eigenvalue weighted by atomic mass is 16.5. The minimum Gasteiger partial charge on any atom is -0.481 e. The molecule has 1 aliphatic carbocycles. The lowest BCUT2D eigenvalue weighted by Gasteiger charge is -2.25. The summed E-state index contributed by atoms with van der Waals surface area (Å²) in [5, 5.41) is 9.71. The second-order valence-corrected chi connectivity index (χ2v) is 5.56. The molecule has 1 aromatic rings. The quantitative estimate of drug-likeness (QED) is 0.619. The maximum atomic E-state index is 11.8. The first-order valence-corrected chi connectivity index (χ1v) is 7.57. The number of unbranched alkanes of at least 4 members (excludes halogenated alkanes) is 1. The number of carboxylic acid groups (broad SMARTS) is 1. The van der Waals surface area contributed by atoms with Crippen LogP contribution in [0.1, 0.15) is 50.2 Å². The highest BCUT2D eigenvalue weighted by Gasteiger charge is 2.44. The second-order valence-electron chi connectivity index (χ2n) is 5.56. The molecule has 114 valence electrons. The summed E-state index contributed by atoms with van der Waals surface area (Å²) in [7, 11) is 0. The lowest BCUT2D eigenvalue weighted by Crippen LogP contribution is -2.33. The van der Waals surface area contributed by atoms with Crippen LogP contribution in [0.15, 0.2) is 24.3 Å². The number of carboxylic acids is 1. The number of carbonyl (C=O) groups is 2. The van der Waals surface area contributed by atoms with Crippen molar-refractivity contribution in [1.82, 2.24) is 0 Å². The summed E-state index contributed by atoms with van der Waals surface area (Å²) < 4.78 is 4.89. The number of hydrogen-bond donors (Lipinski definition) is 1. The fraction of sp³-hybridized carbons (Fsp3) is 0.529. The molecule has 1 atom stereocenters. The van der Waals surface area contributed by atoms with Gasteiger partial charge in [-0.2, -0.15) is 0 Å². The van der Waals surface area contributed by atoms with Gasteiger partial charge in [0.15, 0.2) is 0 Å². The topological polar surface area (TPSA) is 63.6 Å². The Balaban J connectivity index is 1.99. The number of aryl methyl sites for hydroxylation is 1. The van der Waals surface area contributed by atoms with Gasteiger partial charge in [0, 0.05) is 6.42 Å². The van der Waals surface area contributed by atoms with Gasteiger partial charge in [-0.25, -0.2) is 0 Å². The standard InChI is InChI=1S/C17H22O4/c1-2-21-15(18)9-5-6-11-17(16(19)20)12-10-13-7-3-4-8-14(13)17/h3-4,7-8H,2,5-6,9-12H2,1H3,(H,19,20). The number of hydrogen-bond acceptors (Lipinski definition) is 3. The smallest absolute Gasteiger partial charge is 0.314 e. The SMILES string of the molecule is CCOC(=O)CCCCC1(C(=O)O)CCc2ccccc21. The van der Waals surface area contributed by atoms with E-state index in [1.165, 1.54) is 0 Å². The molecule has 1 N–H and O–H groups in total. The van der Waals surface area contributed by atoms with Crippen molar-refractivity contribution in [3.05, 3.63) is 35.4 Å². The van der Waals surface area contributed by atoms with Gasteiger partial charge in [-0.1, -0.05) is 30.7 Å². The molecule has 0 saturated carbocycles. The van der Waals surface area contributed by atoms with Crippen molar-refractivity contribution in [2.24, 2.45) is 0 Å². The molecule has 0 heterocycles. The van der Waals surface area contributed by atoms with E-state index >= 15 is 0 Å². The highest BCUT2D eigenvalue weighted by molar-refractivity contribution is 5.83. The first-order valence-electron chi connectivity index (χ1n) is 7.57. The molecule has 0 bridgehead atoms. The number of ether oxygens (including phenoxy) is 1. The van der Waals surface area contributed by atoms with Crippen molar-refractivity contribution >= 4 is 11.9 Å². The molecule has 0 amide bonds. The second kappa shape index (κ2) is 6.74. The van der Waals surface area contributed by atoms with Gasteiger partial charge in [0.2, 0.25) is 0 Å². The van der Waals surface area contributed by atoms with Crippen molar-refractivity contribution in [1.29, 1.82) is 0 Å². The molecule has 2 rings (SSSR count). The third-order valence-corrected chi connectivity index (χ3v) is 4.30. The van der Waals surface area contributed by atoms with Crippen molar-refractivity contribution in [3.8, 4) is 0 Å². The molecule has 4 nitrogen and oxygen atoms in total. The number of carbonyl (C=O) groups excluding carboxylic acids is 1. The zero-order chi connectivity index (χ0) is 15.3. The van der Waals surface area contributed by atoms with E-state index in [9.17, 15) is 14.7 Å². The summed E-state index contributed by atoms with van der Waals surface area (Å²) in [6.45, 7) is 2.18. The zero-order valence-electron chi connectivity index (χ0n) is 12.4. The molecule has 0 aliphatic heterocycles. The van der Waals surface area contributed by atoms with Crippen LogP contribution in [0.3, 0.4) is 0 Å². The van der Waals surface area contributed by atoms with Crippen molar-refractivity contribution in [2.75, 3.05) is 6.61 Å². The molecule has 4 heteroatoms. The van der Waals surface area contributed by atoms with Gasteiger partial charge in [0.25, 0.3) is 0 Å². The minimum absolute atomic E-state index is 0.200. The predicted molar refractivity (Wildman–Crippen MR) is 79.2 cm³/mol. The van der Waals surface area contributed by atoms with Crippen LogP contribution in [0, 0.1) is 0 Å². The number of fused-ring (bicyclic) bond motifs is 1. The minimum atomic E-state index is -0.773. The summed E-state index contributed by atoms with van der Waals surface area (Å²) in [6.07, 6.45) is 3.82. The molecule has 0 aromatic heterocycles. The van der Waals surface area contributed by atoms with Crippen molar-refractivity contribution < 1.29 is 19.4 Å². The fourth-order valence-electron chi connectivity index (χ4n) is 3.21. The number of esters is 1. The van der Waals surface area contributed by atoms with E-state index in [-0.39, 0.29) is 5.97 Å². The third-order valence-electron chi connectivity index (χ3n) is 4.30. The van der Waals surface area contributed by atoms with Crippen LogP contribution in [0.25, 0.3) is 0 Å². The Labute approximate surface area is 125 Å². The van der Waals surface area contributed by atoms with Crippen LogP contribution < -0.4 is 0 Å². The first kappa shape index (κ1) is 15.5. The average molecular weight is 290 g/mol. The molecule has 0 spiro atoms. The van der Waals surface area contributed by atoms with Crippen LogP contribution in [0.5, 0.6) is 0 Å². The number of aliphatic carboxylic acids is 1. The van der Waals surface area contributed by atoms with Crippen molar-refractivity contribution in [3.63, 3.8) is 0 Å². The molecular weight excluding hydrogens is 268 g/mol. The van der Waals surface area contributed by atoms with Gasteiger partial charge in [-0.05, 0) is 43.7 Å². The van der Waals surface area contributed by atoms with Gasteiger partial charge < -0.3 is 9.84 Å². The molecule has 0 radical (unpaired) electrons. The van der Waals surface area contributed by atoms with Gasteiger partial charge in [-0.15, -0.1) is 0 Å². The highest BCUT2D eigenvalue weighted by Crippen LogP contribution is 2.43. The Morgan fingerprint density at radius 3 is 2.76 bits per heavy atom. The van der Waals surface area contributed by atoms with Gasteiger partial charge >= 0.3 is 11.9 Å². The van der Waals surface area contributed by atoms with Gasteiger partial charge in [0.1, 0.15) is 0 Å². The Bertz CT molecular complexity index is 523. The van der Waals surface area contributed by atoms with Crippen LogP contribution in [-0.4, -0.2) is 23.7 Å². The average Bonchev–Trinajstić information content (AvgIpc) is 2.84. The summed E-state index contributed by atoms with van der Waals surface area (Å²) >= 11 is 0. The van der Waals surface area contributed by atoms with E-state index < -0.39 is 11.4 Å². The molecule has 1 unspecified atom stereocenters. The lowest BCUT2D eigenvalue weighted by molar-refractivity contribution is -0.144. The Morgan fingerprint density at radius 1 is 1.29 bits per heavy atom. The van der Waals surface area contributed by atoms with Crippen LogP contribution in [-0.2, 0) is 26.2 Å². The summed E-state index contributed by atoms with van der Waals surface area (Å²) in [5.74, 6) is -0.947. The molecule has 0 saturated heterocycles. The Kier molecular flexibility index (Phi) is 4.99. The van der Waals surface area contributed by atoms with E-state index in [4.69, 9.17) is 4.74 Å². The maximum absolute atomic E-state index is 11.8. The lowest BCUT2D eigenvalue weighted by atomic mass is 9.77. The third kappa shape index (κ3) is 3.26. The number of rotatable bonds is 7. The summed E-state index contributed by atoms with van der Waals surface area (Å²) in [5.41, 5.74) is 1.32.